The first-order chi connectivity index (χ1) is 12.5. The van der Waals surface area contributed by atoms with E-state index in [1.165, 1.54) is 7.11 Å². The zero-order chi connectivity index (χ0) is 20.7. The van der Waals surface area contributed by atoms with E-state index >= 15 is 0 Å². The maximum absolute atomic E-state index is 11.4. The second-order valence-corrected chi connectivity index (χ2v) is 12.5. The number of benzene rings is 1. The summed E-state index contributed by atoms with van der Waals surface area (Å²) in [7, 11) is -0.719. The average molecular weight is 396 g/mol. The standard InChI is InChI=1S/C18H29N3O5Si/c1-18(2,3)27(5,6)26-11-15(20-21-19)16(22)12-25-14-9-7-13(8-10-14)17(23)24-4/h7-10,15-16,22H,11-12H2,1-6H3/t15-,16+/m0/s1. The predicted molar refractivity (Wildman–Crippen MR) is 105 cm³/mol. The predicted octanol–water partition coefficient (Wildman–Crippen LogP) is 3.91. The van der Waals surface area contributed by atoms with E-state index in [1.807, 2.05) is 0 Å². The quantitative estimate of drug-likeness (QED) is 0.224. The molecule has 9 heteroatoms. The Labute approximate surface area is 161 Å². The van der Waals surface area contributed by atoms with E-state index in [9.17, 15) is 9.90 Å². The monoisotopic (exact) mass is 395 g/mol. The lowest BCUT2D eigenvalue weighted by Gasteiger charge is -2.37. The molecule has 0 radical (unpaired) electrons. The van der Waals surface area contributed by atoms with Gasteiger partial charge in [-0.25, -0.2) is 4.79 Å². The van der Waals surface area contributed by atoms with Crippen LogP contribution in [-0.4, -0.2) is 51.9 Å². The number of aliphatic hydroxyl groups excluding tert-OH is 1. The summed E-state index contributed by atoms with van der Waals surface area (Å²) in [6.07, 6.45) is -1.02. The van der Waals surface area contributed by atoms with Gasteiger partial charge in [-0.05, 0) is 47.9 Å². The van der Waals surface area contributed by atoms with Crippen LogP contribution < -0.4 is 4.74 Å². The maximum Gasteiger partial charge on any atom is 0.337 e. The summed E-state index contributed by atoms with van der Waals surface area (Å²) in [6.45, 7) is 10.6. The highest BCUT2D eigenvalue weighted by Gasteiger charge is 2.38. The van der Waals surface area contributed by atoms with Crippen LogP contribution >= 0.6 is 0 Å². The van der Waals surface area contributed by atoms with Gasteiger partial charge in [-0.15, -0.1) is 0 Å². The van der Waals surface area contributed by atoms with Gasteiger partial charge < -0.3 is 19.0 Å². The van der Waals surface area contributed by atoms with Gasteiger partial charge in [0.15, 0.2) is 8.32 Å². The smallest absolute Gasteiger partial charge is 0.337 e. The number of aliphatic hydroxyl groups is 1. The molecule has 150 valence electrons. The minimum absolute atomic E-state index is 0.0107. The Morgan fingerprint density at radius 2 is 1.85 bits per heavy atom. The third-order valence-electron chi connectivity index (χ3n) is 4.76. The molecule has 0 aliphatic heterocycles. The van der Waals surface area contributed by atoms with Crippen molar-refractivity contribution in [3.05, 3.63) is 40.3 Å². The molecule has 1 aromatic carbocycles. The van der Waals surface area contributed by atoms with Gasteiger partial charge >= 0.3 is 5.97 Å². The van der Waals surface area contributed by atoms with Crippen molar-refractivity contribution in [1.82, 2.24) is 0 Å². The van der Waals surface area contributed by atoms with Crippen LogP contribution in [0.15, 0.2) is 29.4 Å². The van der Waals surface area contributed by atoms with Crippen LogP contribution in [-0.2, 0) is 9.16 Å². The number of carbonyl (C=O) groups is 1. The second kappa shape index (κ2) is 9.75. The third kappa shape index (κ3) is 6.87. The van der Waals surface area contributed by atoms with Gasteiger partial charge in [0.2, 0.25) is 0 Å². The number of hydrogen-bond donors (Lipinski definition) is 1. The maximum atomic E-state index is 11.4. The number of carbonyl (C=O) groups excluding carboxylic acids is 1. The van der Waals surface area contributed by atoms with E-state index in [4.69, 9.17) is 14.7 Å². The van der Waals surface area contributed by atoms with E-state index in [2.05, 4.69) is 48.6 Å². The van der Waals surface area contributed by atoms with Gasteiger partial charge in [-0.3, -0.25) is 0 Å². The van der Waals surface area contributed by atoms with E-state index in [0.717, 1.165) is 0 Å². The molecular formula is C18H29N3O5Si. The molecule has 0 spiro atoms. The summed E-state index contributed by atoms with van der Waals surface area (Å²) < 4.78 is 16.2. The van der Waals surface area contributed by atoms with Crippen molar-refractivity contribution in [3.8, 4) is 5.75 Å². The van der Waals surface area contributed by atoms with Crippen molar-refractivity contribution in [2.45, 2.75) is 51.0 Å². The highest BCUT2D eigenvalue weighted by atomic mass is 28.4. The van der Waals surface area contributed by atoms with Gasteiger partial charge in [0.1, 0.15) is 12.4 Å². The Morgan fingerprint density at radius 3 is 2.33 bits per heavy atom. The molecular weight excluding hydrogens is 366 g/mol. The topological polar surface area (TPSA) is 114 Å². The molecule has 0 heterocycles. The SMILES string of the molecule is COC(=O)c1ccc(OC[C@@H](O)[C@H](CO[Si](C)(C)C(C)(C)C)N=[N+]=[N-])cc1. The first-order valence-corrected chi connectivity index (χ1v) is 11.6. The molecule has 1 rings (SSSR count). The number of hydrogen-bond acceptors (Lipinski definition) is 6. The fourth-order valence-electron chi connectivity index (χ4n) is 1.90. The third-order valence-corrected chi connectivity index (χ3v) is 9.26. The van der Waals surface area contributed by atoms with E-state index in [0.29, 0.717) is 11.3 Å². The van der Waals surface area contributed by atoms with E-state index < -0.39 is 26.4 Å². The van der Waals surface area contributed by atoms with Crippen LogP contribution in [0.25, 0.3) is 10.4 Å². The molecule has 27 heavy (non-hydrogen) atoms. The van der Waals surface area contributed by atoms with Crippen LogP contribution in [0.2, 0.25) is 18.1 Å². The van der Waals surface area contributed by atoms with Gasteiger partial charge in [0.05, 0.1) is 24.8 Å². The summed E-state index contributed by atoms with van der Waals surface area (Å²) in [5.74, 6) is 0.0412. The molecule has 0 aromatic heterocycles. The molecule has 0 aliphatic rings. The Morgan fingerprint density at radius 1 is 1.26 bits per heavy atom. The van der Waals surface area contributed by atoms with Crippen molar-refractivity contribution < 1.29 is 23.8 Å². The largest absolute Gasteiger partial charge is 0.491 e. The first kappa shape index (κ1) is 23.0. The Bertz CT molecular complexity index is 667. The highest BCUT2D eigenvalue weighted by molar-refractivity contribution is 6.74. The fourth-order valence-corrected chi connectivity index (χ4v) is 2.92. The Balaban J connectivity index is 2.67. The second-order valence-electron chi connectivity index (χ2n) is 7.74. The molecule has 0 bridgehead atoms. The van der Waals surface area contributed by atoms with Gasteiger partial charge in [-0.1, -0.05) is 25.9 Å². The van der Waals surface area contributed by atoms with Crippen molar-refractivity contribution in [2.75, 3.05) is 20.3 Å². The minimum atomic E-state index is -2.03. The van der Waals surface area contributed by atoms with Crippen molar-refractivity contribution in [1.29, 1.82) is 0 Å². The van der Waals surface area contributed by atoms with Crippen LogP contribution in [0, 0.1) is 0 Å². The highest BCUT2D eigenvalue weighted by Crippen LogP contribution is 2.36. The van der Waals surface area contributed by atoms with Gasteiger partial charge in [0, 0.05) is 11.5 Å². The number of methoxy groups -OCH3 is 1. The van der Waals surface area contributed by atoms with Crippen LogP contribution in [0.3, 0.4) is 0 Å². The lowest BCUT2D eigenvalue weighted by molar-refractivity contribution is 0.0598. The van der Waals surface area contributed by atoms with E-state index in [1.54, 1.807) is 24.3 Å². The lowest BCUT2D eigenvalue weighted by Crippen LogP contribution is -2.44. The van der Waals surface area contributed by atoms with Gasteiger partial charge in [0.25, 0.3) is 0 Å². The number of esters is 1. The van der Waals surface area contributed by atoms with Crippen LogP contribution in [0.4, 0.5) is 0 Å². The lowest BCUT2D eigenvalue weighted by atomic mass is 10.2. The first-order valence-electron chi connectivity index (χ1n) is 8.69. The van der Waals surface area contributed by atoms with Gasteiger partial charge in [-0.2, -0.15) is 0 Å². The number of nitrogens with zero attached hydrogens (tertiary/aromatic N) is 3. The molecule has 1 N–H and O–H groups in total. The Kier molecular flexibility index (Phi) is 8.30. The fraction of sp³-hybridized carbons (Fsp3) is 0.611. The molecule has 0 aliphatic carbocycles. The zero-order valence-corrected chi connectivity index (χ0v) is 17.8. The molecule has 1 aromatic rings. The van der Waals surface area contributed by atoms with Crippen LogP contribution in [0.1, 0.15) is 31.1 Å². The summed E-state index contributed by atoms with van der Waals surface area (Å²) in [4.78, 5) is 14.2. The summed E-state index contributed by atoms with van der Waals surface area (Å²) in [5.41, 5.74) is 9.19. The van der Waals surface area contributed by atoms with Crippen molar-refractivity contribution >= 4 is 14.3 Å². The summed E-state index contributed by atoms with van der Waals surface area (Å²) in [6, 6.07) is 5.60. The minimum Gasteiger partial charge on any atom is -0.491 e. The normalized spacial score (nSPS) is 14.0. The van der Waals surface area contributed by atoms with E-state index in [-0.39, 0.29) is 18.3 Å². The summed E-state index contributed by atoms with van der Waals surface area (Å²) >= 11 is 0. The zero-order valence-electron chi connectivity index (χ0n) is 16.8. The molecule has 0 fully saturated rings. The number of rotatable bonds is 9. The Hall–Kier alpha value is -2.06. The number of ether oxygens (including phenoxy) is 2. The average Bonchev–Trinajstić information content (AvgIpc) is 2.62. The van der Waals surface area contributed by atoms with Crippen molar-refractivity contribution in [2.24, 2.45) is 5.11 Å². The molecule has 0 saturated heterocycles. The van der Waals surface area contributed by atoms with Crippen molar-refractivity contribution in [3.63, 3.8) is 0 Å². The number of azide groups is 1. The summed E-state index contributed by atoms with van der Waals surface area (Å²) in [5, 5.41) is 14.0. The molecule has 0 saturated carbocycles. The van der Waals surface area contributed by atoms with Crippen LogP contribution in [0.5, 0.6) is 5.75 Å². The molecule has 0 amide bonds. The molecule has 8 nitrogen and oxygen atoms in total. The molecule has 0 unspecified atom stereocenters. The molecule has 2 atom stereocenters.